The average molecular weight is 379 g/mol. The Morgan fingerprint density at radius 1 is 1.46 bits per heavy atom. The average Bonchev–Trinajstić information content (AvgIpc) is 3.16. The molecule has 1 aromatic heterocycles. The SMILES string of the molecule is CC(C)c1[nH]nc2c1C1(C(=O)N(CC(=O)O)c3ccccc31)C(C#N)=C(N)O2. The van der Waals surface area contributed by atoms with Crippen LogP contribution in [0.3, 0.4) is 0 Å². The zero-order valence-corrected chi connectivity index (χ0v) is 15.2. The van der Waals surface area contributed by atoms with Gasteiger partial charge >= 0.3 is 5.97 Å². The highest BCUT2D eigenvalue weighted by atomic mass is 16.5. The predicted molar refractivity (Wildman–Crippen MR) is 97.3 cm³/mol. The van der Waals surface area contributed by atoms with Gasteiger partial charge in [-0.1, -0.05) is 32.0 Å². The fraction of sp³-hybridized carbons (Fsp3) is 0.263. The molecule has 1 amide bonds. The first-order valence-corrected chi connectivity index (χ1v) is 8.64. The van der Waals surface area contributed by atoms with Gasteiger partial charge < -0.3 is 15.6 Å². The first kappa shape index (κ1) is 17.6. The van der Waals surface area contributed by atoms with Crippen LogP contribution < -0.4 is 15.4 Å². The largest absolute Gasteiger partial charge is 0.480 e. The molecular formula is C19H17N5O4. The number of H-pyrrole nitrogens is 1. The van der Waals surface area contributed by atoms with Crippen LogP contribution in [0.25, 0.3) is 0 Å². The minimum Gasteiger partial charge on any atom is -0.480 e. The first-order valence-electron chi connectivity index (χ1n) is 8.64. The molecule has 142 valence electrons. The molecule has 0 aliphatic carbocycles. The third-order valence-electron chi connectivity index (χ3n) is 5.11. The molecule has 0 saturated carbocycles. The number of fused-ring (bicyclic) bond motifs is 4. The molecule has 9 heteroatoms. The number of nitrogens with zero attached hydrogens (tertiary/aromatic N) is 3. The zero-order chi connectivity index (χ0) is 20.2. The van der Waals surface area contributed by atoms with Gasteiger partial charge in [0, 0.05) is 16.9 Å². The molecule has 0 radical (unpaired) electrons. The van der Waals surface area contributed by atoms with Gasteiger partial charge in [0.1, 0.15) is 23.6 Å². The molecule has 1 aromatic carbocycles. The van der Waals surface area contributed by atoms with Crippen LogP contribution in [-0.4, -0.2) is 33.7 Å². The summed E-state index contributed by atoms with van der Waals surface area (Å²) < 4.78 is 5.54. The summed E-state index contributed by atoms with van der Waals surface area (Å²) in [5, 5.41) is 26.3. The Morgan fingerprint density at radius 3 is 2.82 bits per heavy atom. The van der Waals surface area contributed by atoms with Gasteiger partial charge in [0.2, 0.25) is 17.7 Å². The standard InChI is InChI=1S/C19H17N5O4/c1-9(2)15-14-17(23-22-15)28-16(21)11(7-20)19(14)10-5-3-4-6-12(10)24(18(19)27)8-13(25)26/h3-6,9H,8,21H2,1-2H3,(H,22,23)(H,25,26). The number of carboxylic acid groups (broad SMARTS) is 1. The van der Waals surface area contributed by atoms with Crippen molar-refractivity contribution < 1.29 is 19.4 Å². The van der Waals surface area contributed by atoms with Crippen LogP contribution in [0, 0.1) is 11.3 Å². The Kier molecular flexibility index (Phi) is 3.68. The second-order valence-electron chi connectivity index (χ2n) is 6.98. The highest BCUT2D eigenvalue weighted by molar-refractivity contribution is 6.15. The van der Waals surface area contributed by atoms with Crippen molar-refractivity contribution in [2.24, 2.45) is 5.73 Å². The first-order chi connectivity index (χ1) is 13.3. The number of aromatic amines is 1. The second kappa shape index (κ2) is 5.85. The monoisotopic (exact) mass is 379 g/mol. The molecular weight excluding hydrogens is 362 g/mol. The number of carboxylic acids is 1. The number of nitriles is 1. The lowest BCUT2D eigenvalue weighted by Gasteiger charge is -2.33. The van der Waals surface area contributed by atoms with E-state index in [1.54, 1.807) is 24.3 Å². The number of ether oxygens (including phenoxy) is 1. The van der Waals surface area contributed by atoms with E-state index in [-0.39, 0.29) is 23.3 Å². The second-order valence-corrected chi connectivity index (χ2v) is 6.98. The Bertz CT molecular complexity index is 1090. The molecule has 2 aromatic rings. The molecule has 9 nitrogen and oxygen atoms in total. The number of rotatable bonds is 3. The van der Waals surface area contributed by atoms with Gasteiger partial charge in [0.25, 0.3) is 0 Å². The van der Waals surface area contributed by atoms with E-state index in [1.165, 1.54) is 0 Å². The van der Waals surface area contributed by atoms with E-state index in [0.717, 1.165) is 4.90 Å². The quantitative estimate of drug-likeness (QED) is 0.729. The van der Waals surface area contributed by atoms with Gasteiger partial charge in [0.15, 0.2) is 0 Å². The highest BCUT2D eigenvalue weighted by Crippen LogP contribution is 2.56. The summed E-state index contributed by atoms with van der Waals surface area (Å²) in [5.41, 5.74) is 6.24. The fourth-order valence-electron chi connectivity index (χ4n) is 4.02. The van der Waals surface area contributed by atoms with Crippen molar-refractivity contribution in [3.05, 3.63) is 52.5 Å². The summed E-state index contributed by atoms with van der Waals surface area (Å²) in [6.07, 6.45) is 0. The number of aromatic nitrogens is 2. The van der Waals surface area contributed by atoms with Crippen molar-refractivity contribution in [2.75, 3.05) is 11.4 Å². The summed E-state index contributed by atoms with van der Waals surface area (Å²) in [6, 6.07) is 8.81. The van der Waals surface area contributed by atoms with Crippen molar-refractivity contribution in [3.8, 4) is 11.9 Å². The number of nitrogens with one attached hydrogen (secondary N) is 1. The van der Waals surface area contributed by atoms with Gasteiger partial charge in [-0.3, -0.25) is 19.6 Å². The van der Waals surface area contributed by atoms with Crippen molar-refractivity contribution in [2.45, 2.75) is 25.2 Å². The Hall–Kier alpha value is -3.80. The lowest BCUT2D eigenvalue weighted by atomic mass is 9.68. The van der Waals surface area contributed by atoms with E-state index in [0.29, 0.717) is 22.5 Å². The summed E-state index contributed by atoms with van der Waals surface area (Å²) in [6.45, 7) is 3.28. The summed E-state index contributed by atoms with van der Waals surface area (Å²) in [4.78, 5) is 26.3. The fourth-order valence-corrected chi connectivity index (χ4v) is 4.02. The zero-order valence-electron chi connectivity index (χ0n) is 15.2. The van der Waals surface area contributed by atoms with E-state index >= 15 is 0 Å². The Balaban J connectivity index is 2.13. The van der Waals surface area contributed by atoms with Gasteiger partial charge in [-0.2, -0.15) is 5.26 Å². The number of para-hydroxylation sites is 1. The van der Waals surface area contributed by atoms with Crippen molar-refractivity contribution in [1.82, 2.24) is 10.2 Å². The van der Waals surface area contributed by atoms with Crippen LogP contribution in [0.2, 0.25) is 0 Å². The number of hydrogen-bond donors (Lipinski definition) is 3. The molecule has 3 heterocycles. The summed E-state index contributed by atoms with van der Waals surface area (Å²) >= 11 is 0. The molecule has 1 unspecified atom stereocenters. The van der Waals surface area contributed by atoms with Crippen LogP contribution in [0.4, 0.5) is 5.69 Å². The molecule has 0 bridgehead atoms. The number of carbonyl (C=O) groups is 2. The lowest BCUT2D eigenvalue weighted by molar-refractivity contribution is -0.136. The molecule has 28 heavy (non-hydrogen) atoms. The smallest absolute Gasteiger partial charge is 0.323 e. The van der Waals surface area contributed by atoms with Gasteiger partial charge in [0.05, 0.1) is 5.56 Å². The number of anilines is 1. The van der Waals surface area contributed by atoms with Crippen LogP contribution in [-0.2, 0) is 15.0 Å². The number of benzene rings is 1. The minimum atomic E-state index is -1.61. The van der Waals surface area contributed by atoms with E-state index in [9.17, 15) is 20.0 Å². The van der Waals surface area contributed by atoms with E-state index < -0.39 is 23.8 Å². The number of hydrogen-bond acceptors (Lipinski definition) is 6. The van der Waals surface area contributed by atoms with Crippen molar-refractivity contribution >= 4 is 17.6 Å². The van der Waals surface area contributed by atoms with Crippen molar-refractivity contribution in [3.63, 3.8) is 0 Å². The van der Waals surface area contributed by atoms with E-state index in [2.05, 4.69) is 10.2 Å². The van der Waals surface area contributed by atoms with Gasteiger partial charge in [-0.25, -0.2) is 0 Å². The minimum absolute atomic E-state index is 0.0653. The molecule has 1 spiro atoms. The number of nitrogens with two attached hydrogens (primary N) is 1. The third-order valence-corrected chi connectivity index (χ3v) is 5.11. The Labute approximate surface area is 160 Å². The predicted octanol–water partition coefficient (Wildman–Crippen LogP) is 1.34. The number of carbonyl (C=O) groups excluding carboxylic acids is 1. The maximum atomic E-state index is 13.7. The van der Waals surface area contributed by atoms with E-state index in [4.69, 9.17) is 10.5 Å². The van der Waals surface area contributed by atoms with Crippen LogP contribution >= 0.6 is 0 Å². The van der Waals surface area contributed by atoms with Gasteiger partial charge in [-0.15, -0.1) is 5.10 Å². The summed E-state index contributed by atoms with van der Waals surface area (Å²) in [5.74, 6) is -1.91. The molecule has 2 aliphatic rings. The Morgan fingerprint density at radius 2 is 2.18 bits per heavy atom. The molecule has 0 saturated heterocycles. The number of amides is 1. The maximum absolute atomic E-state index is 13.7. The molecule has 0 fully saturated rings. The summed E-state index contributed by atoms with van der Waals surface area (Å²) in [7, 11) is 0. The van der Waals surface area contributed by atoms with Gasteiger partial charge in [-0.05, 0) is 12.0 Å². The van der Waals surface area contributed by atoms with Crippen LogP contribution in [0.5, 0.6) is 5.88 Å². The van der Waals surface area contributed by atoms with Crippen LogP contribution in [0.1, 0.15) is 36.6 Å². The molecule has 4 rings (SSSR count). The van der Waals surface area contributed by atoms with Crippen LogP contribution in [0.15, 0.2) is 35.7 Å². The maximum Gasteiger partial charge on any atom is 0.323 e. The molecule has 2 aliphatic heterocycles. The third kappa shape index (κ3) is 2.02. The topological polar surface area (TPSA) is 145 Å². The molecule has 4 N–H and O–H groups in total. The molecule has 1 atom stereocenters. The number of aliphatic carboxylic acids is 1. The lowest BCUT2D eigenvalue weighted by Crippen LogP contribution is -2.47. The van der Waals surface area contributed by atoms with E-state index in [1.807, 2.05) is 19.9 Å². The van der Waals surface area contributed by atoms with Crippen molar-refractivity contribution in [1.29, 1.82) is 5.26 Å². The normalized spacial score (nSPS) is 20.2. The highest BCUT2D eigenvalue weighted by Gasteiger charge is 2.61.